The molecule has 1 aliphatic rings. The van der Waals surface area contributed by atoms with E-state index < -0.39 is 9.84 Å². The first kappa shape index (κ1) is 17.8. The monoisotopic (exact) mass is 361 g/mol. The number of methoxy groups -OCH3 is 1. The molecule has 1 N–H and O–H groups in total. The van der Waals surface area contributed by atoms with Crippen LogP contribution in [0.25, 0.3) is 0 Å². The summed E-state index contributed by atoms with van der Waals surface area (Å²) in [6.07, 6.45) is 0.676. The fraction of sp³-hybridized carbons (Fsp3) is 0.368. The van der Waals surface area contributed by atoms with Gasteiger partial charge in [0.25, 0.3) is 0 Å². The van der Waals surface area contributed by atoms with E-state index in [1.165, 1.54) is 0 Å². The van der Waals surface area contributed by atoms with Gasteiger partial charge in [0.1, 0.15) is 6.61 Å². The van der Waals surface area contributed by atoms with Gasteiger partial charge in [-0.1, -0.05) is 36.4 Å². The van der Waals surface area contributed by atoms with E-state index in [0.717, 1.165) is 11.1 Å². The molecule has 1 atom stereocenters. The number of benzene rings is 2. The van der Waals surface area contributed by atoms with Crippen LogP contribution in [0.5, 0.6) is 11.5 Å². The van der Waals surface area contributed by atoms with Gasteiger partial charge in [-0.2, -0.15) is 0 Å². The normalized spacial score (nSPS) is 18.8. The number of hydrogen-bond acceptors (Lipinski definition) is 5. The molecule has 1 unspecified atom stereocenters. The molecule has 2 aromatic carbocycles. The summed E-state index contributed by atoms with van der Waals surface area (Å²) in [5, 5.41) is 3.32. The average Bonchev–Trinajstić information content (AvgIpc) is 2.98. The van der Waals surface area contributed by atoms with Crippen LogP contribution < -0.4 is 14.8 Å². The summed E-state index contributed by atoms with van der Waals surface area (Å²) >= 11 is 0. The molecule has 1 aliphatic heterocycles. The zero-order valence-corrected chi connectivity index (χ0v) is 15.1. The van der Waals surface area contributed by atoms with E-state index in [2.05, 4.69) is 5.32 Å². The lowest BCUT2D eigenvalue weighted by Gasteiger charge is -2.14. The molecular formula is C19H23NO4S. The molecule has 1 fully saturated rings. The number of rotatable bonds is 7. The maximum atomic E-state index is 11.5. The molecule has 0 bridgehead atoms. The molecule has 0 saturated carbocycles. The van der Waals surface area contributed by atoms with Gasteiger partial charge in [0, 0.05) is 12.6 Å². The highest BCUT2D eigenvalue weighted by Crippen LogP contribution is 2.29. The lowest BCUT2D eigenvalue weighted by atomic mass is 10.1. The summed E-state index contributed by atoms with van der Waals surface area (Å²) in [5.41, 5.74) is 2.12. The van der Waals surface area contributed by atoms with Crippen LogP contribution in [0.4, 0.5) is 0 Å². The van der Waals surface area contributed by atoms with Crippen molar-refractivity contribution >= 4 is 9.84 Å². The van der Waals surface area contributed by atoms with Crippen LogP contribution in [0.15, 0.2) is 48.5 Å². The summed E-state index contributed by atoms with van der Waals surface area (Å²) in [6.45, 7) is 1.07. The van der Waals surface area contributed by atoms with Crippen molar-refractivity contribution in [3.63, 3.8) is 0 Å². The van der Waals surface area contributed by atoms with Gasteiger partial charge in [0.05, 0.1) is 18.6 Å². The Hall–Kier alpha value is -2.05. The number of ether oxygens (including phenoxy) is 2. The quantitative estimate of drug-likeness (QED) is 0.821. The van der Waals surface area contributed by atoms with E-state index in [1.807, 2.05) is 48.5 Å². The van der Waals surface area contributed by atoms with E-state index in [4.69, 9.17) is 9.47 Å². The van der Waals surface area contributed by atoms with Gasteiger partial charge in [0.2, 0.25) is 0 Å². The third kappa shape index (κ3) is 4.96. The Labute approximate surface area is 148 Å². The van der Waals surface area contributed by atoms with E-state index in [9.17, 15) is 8.42 Å². The van der Waals surface area contributed by atoms with Gasteiger partial charge >= 0.3 is 0 Å². The molecular weight excluding hydrogens is 338 g/mol. The summed E-state index contributed by atoms with van der Waals surface area (Å²) < 4.78 is 34.3. The largest absolute Gasteiger partial charge is 0.493 e. The van der Waals surface area contributed by atoms with Crippen LogP contribution in [-0.4, -0.2) is 33.1 Å². The maximum Gasteiger partial charge on any atom is 0.161 e. The SMILES string of the molecule is COc1ccc(CNC2CCS(=O)(=O)C2)cc1OCc1ccccc1. The van der Waals surface area contributed by atoms with E-state index in [0.29, 0.717) is 31.1 Å². The fourth-order valence-corrected chi connectivity index (χ4v) is 4.61. The lowest BCUT2D eigenvalue weighted by molar-refractivity contribution is 0.284. The first-order chi connectivity index (χ1) is 12.1. The number of hydrogen-bond donors (Lipinski definition) is 1. The van der Waals surface area contributed by atoms with Crippen molar-refractivity contribution < 1.29 is 17.9 Å². The first-order valence-electron chi connectivity index (χ1n) is 8.33. The van der Waals surface area contributed by atoms with Crippen LogP contribution in [0.2, 0.25) is 0 Å². The minimum atomic E-state index is -2.87. The second-order valence-corrected chi connectivity index (χ2v) is 8.47. The van der Waals surface area contributed by atoms with Gasteiger partial charge in [-0.3, -0.25) is 0 Å². The smallest absolute Gasteiger partial charge is 0.161 e. The molecule has 6 heteroatoms. The molecule has 0 amide bonds. The van der Waals surface area contributed by atoms with E-state index in [1.54, 1.807) is 7.11 Å². The first-order valence-corrected chi connectivity index (χ1v) is 10.2. The maximum absolute atomic E-state index is 11.5. The van der Waals surface area contributed by atoms with Crippen molar-refractivity contribution in [2.75, 3.05) is 18.6 Å². The second-order valence-electron chi connectivity index (χ2n) is 6.24. The number of sulfone groups is 1. The van der Waals surface area contributed by atoms with Crippen molar-refractivity contribution in [1.29, 1.82) is 0 Å². The van der Waals surface area contributed by atoms with Gasteiger partial charge in [-0.05, 0) is 29.7 Å². The van der Waals surface area contributed by atoms with Crippen molar-refractivity contribution in [1.82, 2.24) is 5.32 Å². The summed E-state index contributed by atoms with van der Waals surface area (Å²) in [7, 11) is -1.25. The molecule has 5 nitrogen and oxygen atoms in total. The molecule has 0 aliphatic carbocycles. The minimum absolute atomic E-state index is 0.0285. The Morgan fingerprint density at radius 2 is 1.88 bits per heavy atom. The fourth-order valence-electron chi connectivity index (χ4n) is 2.90. The molecule has 2 aromatic rings. The highest BCUT2D eigenvalue weighted by molar-refractivity contribution is 7.91. The van der Waals surface area contributed by atoms with Crippen molar-refractivity contribution in [2.24, 2.45) is 0 Å². The summed E-state index contributed by atoms with van der Waals surface area (Å²) in [4.78, 5) is 0. The Kier molecular flexibility index (Phi) is 5.60. The molecule has 3 rings (SSSR count). The predicted octanol–water partition coefficient (Wildman–Crippen LogP) is 2.55. The van der Waals surface area contributed by atoms with Crippen LogP contribution >= 0.6 is 0 Å². The third-order valence-corrected chi connectivity index (χ3v) is 6.06. The van der Waals surface area contributed by atoms with Crippen LogP contribution in [0.1, 0.15) is 17.5 Å². The Balaban J connectivity index is 1.63. The molecule has 1 heterocycles. The van der Waals surface area contributed by atoms with Crippen molar-refractivity contribution in [3.05, 3.63) is 59.7 Å². The Morgan fingerprint density at radius 3 is 2.56 bits per heavy atom. The molecule has 1 saturated heterocycles. The lowest BCUT2D eigenvalue weighted by Crippen LogP contribution is -2.29. The minimum Gasteiger partial charge on any atom is -0.493 e. The van der Waals surface area contributed by atoms with Crippen LogP contribution in [0, 0.1) is 0 Å². The van der Waals surface area contributed by atoms with Gasteiger partial charge in [-0.15, -0.1) is 0 Å². The Bertz CT molecular complexity index is 805. The van der Waals surface area contributed by atoms with Crippen molar-refractivity contribution in [3.8, 4) is 11.5 Å². The molecule has 0 spiro atoms. The molecule has 0 aromatic heterocycles. The highest BCUT2D eigenvalue weighted by Gasteiger charge is 2.27. The molecule has 134 valence electrons. The molecule has 25 heavy (non-hydrogen) atoms. The van der Waals surface area contributed by atoms with Crippen molar-refractivity contribution in [2.45, 2.75) is 25.6 Å². The van der Waals surface area contributed by atoms with E-state index in [-0.39, 0.29) is 17.5 Å². The van der Waals surface area contributed by atoms with Crippen LogP contribution in [-0.2, 0) is 23.0 Å². The standard InChI is InChI=1S/C19H23NO4S/c1-23-18-8-7-16(12-20-17-9-10-25(21,22)14-17)11-19(18)24-13-15-5-3-2-4-6-15/h2-8,11,17,20H,9-10,12-14H2,1H3. The predicted molar refractivity (Wildman–Crippen MR) is 97.7 cm³/mol. The second kappa shape index (κ2) is 7.89. The van der Waals surface area contributed by atoms with Crippen LogP contribution in [0.3, 0.4) is 0 Å². The number of nitrogens with one attached hydrogen (secondary N) is 1. The summed E-state index contributed by atoms with van der Waals surface area (Å²) in [5.74, 6) is 1.87. The average molecular weight is 361 g/mol. The third-order valence-electron chi connectivity index (χ3n) is 4.29. The highest BCUT2D eigenvalue weighted by atomic mass is 32.2. The summed E-state index contributed by atoms with van der Waals surface area (Å²) in [6, 6.07) is 15.8. The zero-order valence-electron chi connectivity index (χ0n) is 14.3. The van der Waals surface area contributed by atoms with Gasteiger partial charge in [0.15, 0.2) is 21.3 Å². The van der Waals surface area contributed by atoms with Gasteiger partial charge in [-0.25, -0.2) is 8.42 Å². The van der Waals surface area contributed by atoms with E-state index >= 15 is 0 Å². The van der Waals surface area contributed by atoms with Gasteiger partial charge < -0.3 is 14.8 Å². The topological polar surface area (TPSA) is 64.6 Å². The molecule has 0 radical (unpaired) electrons. The zero-order chi connectivity index (χ0) is 17.7. The Morgan fingerprint density at radius 1 is 1.08 bits per heavy atom.